The van der Waals surface area contributed by atoms with Crippen molar-refractivity contribution in [3.63, 3.8) is 0 Å². The standard InChI is InChI=1S/C19H24N6O3/c1-24(2)17-10-11-20-19(23-17)22-15-8-6-14(7-9-15)21-18(26)13-4-3-5-16(12-13)25(27)28/h3-5,10-12,14-15H,6-9H2,1-2H3,(H,21,26)(H,20,22,23)/t14-,15+. The van der Waals surface area contributed by atoms with Crippen LogP contribution in [0.4, 0.5) is 17.5 Å². The number of non-ortho nitro benzene ring substituents is 1. The summed E-state index contributed by atoms with van der Waals surface area (Å²) in [5.74, 6) is 1.17. The van der Waals surface area contributed by atoms with E-state index in [0.29, 0.717) is 11.5 Å². The highest BCUT2D eigenvalue weighted by Crippen LogP contribution is 2.22. The summed E-state index contributed by atoms with van der Waals surface area (Å²) in [6.45, 7) is 0. The average Bonchev–Trinajstić information content (AvgIpc) is 2.69. The molecule has 0 spiro atoms. The fraction of sp³-hybridized carbons (Fsp3) is 0.421. The Bertz CT molecular complexity index is 849. The second-order valence-electron chi connectivity index (χ2n) is 7.11. The van der Waals surface area contributed by atoms with Gasteiger partial charge < -0.3 is 15.5 Å². The first-order valence-electron chi connectivity index (χ1n) is 9.24. The van der Waals surface area contributed by atoms with Gasteiger partial charge in [-0.15, -0.1) is 0 Å². The number of rotatable bonds is 6. The van der Waals surface area contributed by atoms with Crippen LogP contribution in [0.5, 0.6) is 0 Å². The second-order valence-corrected chi connectivity index (χ2v) is 7.11. The third-order valence-electron chi connectivity index (χ3n) is 4.81. The number of amides is 1. The molecule has 1 aromatic carbocycles. The van der Waals surface area contributed by atoms with E-state index in [4.69, 9.17) is 0 Å². The van der Waals surface area contributed by atoms with Crippen molar-refractivity contribution in [3.8, 4) is 0 Å². The van der Waals surface area contributed by atoms with Crippen LogP contribution in [0, 0.1) is 10.1 Å². The molecule has 1 fully saturated rings. The molecule has 2 aromatic rings. The molecule has 1 aliphatic rings. The average molecular weight is 384 g/mol. The van der Waals surface area contributed by atoms with E-state index in [9.17, 15) is 14.9 Å². The lowest BCUT2D eigenvalue weighted by Crippen LogP contribution is -2.40. The van der Waals surface area contributed by atoms with Gasteiger partial charge in [0.15, 0.2) is 0 Å². The number of nitro groups is 1. The lowest BCUT2D eigenvalue weighted by molar-refractivity contribution is -0.384. The fourth-order valence-corrected chi connectivity index (χ4v) is 3.26. The van der Waals surface area contributed by atoms with Crippen molar-refractivity contribution in [2.45, 2.75) is 37.8 Å². The van der Waals surface area contributed by atoms with Crippen LogP contribution < -0.4 is 15.5 Å². The monoisotopic (exact) mass is 384 g/mol. The van der Waals surface area contributed by atoms with E-state index < -0.39 is 4.92 Å². The number of nitro benzene ring substituents is 1. The zero-order valence-electron chi connectivity index (χ0n) is 16.0. The zero-order valence-corrected chi connectivity index (χ0v) is 16.0. The fourth-order valence-electron chi connectivity index (χ4n) is 3.26. The third-order valence-corrected chi connectivity index (χ3v) is 4.81. The van der Waals surface area contributed by atoms with Crippen LogP contribution in [-0.4, -0.2) is 47.0 Å². The minimum Gasteiger partial charge on any atom is -0.363 e. The van der Waals surface area contributed by atoms with Crippen molar-refractivity contribution in [1.82, 2.24) is 15.3 Å². The lowest BCUT2D eigenvalue weighted by atomic mass is 9.91. The molecule has 1 saturated carbocycles. The molecule has 148 valence electrons. The molecule has 0 bridgehead atoms. The van der Waals surface area contributed by atoms with Gasteiger partial charge in [-0.25, -0.2) is 4.98 Å². The molecule has 1 heterocycles. The number of benzene rings is 1. The van der Waals surface area contributed by atoms with Crippen LogP contribution in [0.15, 0.2) is 36.5 Å². The summed E-state index contributed by atoms with van der Waals surface area (Å²) in [7, 11) is 3.86. The summed E-state index contributed by atoms with van der Waals surface area (Å²) in [4.78, 5) is 33.4. The number of aromatic nitrogens is 2. The van der Waals surface area contributed by atoms with Crippen LogP contribution in [-0.2, 0) is 0 Å². The Balaban J connectivity index is 1.51. The van der Waals surface area contributed by atoms with E-state index in [2.05, 4.69) is 20.6 Å². The van der Waals surface area contributed by atoms with Gasteiger partial charge in [-0.05, 0) is 37.8 Å². The van der Waals surface area contributed by atoms with E-state index in [1.165, 1.54) is 18.2 Å². The van der Waals surface area contributed by atoms with Gasteiger partial charge >= 0.3 is 0 Å². The number of anilines is 2. The summed E-state index contributed by atoms with van der Waals surface area (Å²) in [5.41, 5.74) is 0.226. The molecule has 3 rings (SSSR count). The van der Waals surface area contributed by atoms with Crippen LogP contribution in [0.2, 0.25) is 0 Å². The Morgan fingerprint density at radius 1 is 1.18 bits per heavy atom. The number of hydrogen-bond donors (Lipinski definition) is 2. The van der Waals surface area contributed by atoms with Crippen LogP contribution in [0.25, 0.3) is 0 Å². The summed E-state index contributed by atoms with van der Waals surface area (Å²) in [6, 6.07) is 7.95. The van der Waals surface area contributed by atoms with E-state index in [1.54, 1.807) is 12.3 Å². The summed E-state index contributed by atoms with van der Waals surface area (Å²) in [5, 5.41) is 17.2. The number of nitrogens with zero attached hydrogens (tertiary/aromatic N) is 4. The second kappa shape index (κ2) is 8.64. The Kier molecular flexibility index (Phi) is 6.03. The smallest absolute Gasteiger partial charge is 0.270 e. The lowest BCUT2D eigenvalue weighted by Gasteiger charge is -2.29. The van der Waals surface area contributed by atoms with Gasteiger partial charge in [0.2, 0.25) is 5.95 Å². The normalized spacial score (nSPS) is 18.9. The minimum atomic E-state index is -0.499. The first-order chi connectivity index (χ1) is 13.4. The van der Waals surface area contributed by atoms with Gasteiger partial charge in [-0.1, -0.05) is 6.07 Å². The van der Waals surface area contributed by atoms with Crippen molar-refractivity contribution in [2.75, 3.05) is 24.3 Å². The maximum atomic E-state index is 12.4. The number of hydrogen-bond acceptors (Lipinski definition) is 7. The molecule has 9 heteroatoms. The molecule has 0 aliphatic heterocycles. The van der Waals surface area contributed by atoms with Crippen LogP contribution >= 0.6 is 0 Å². The Labute approximate surface area is 163 Å². The molecule has 0 unspecified atom stereocenters. The molecule has 0 radical (unpaired) electrons. The van der Waals surface area contributed by atoms with Gasteiger partial charge in [-0.2, -0.15) is 4.98 Å². The molecule has 28 heavy (non-hydrogen) atoms. The van der Waals surface area contributed by atoms with Crippen LogP contribution in [0.1, 0.15) is 36.0 Å². The maximum Gasteiger partial charge on any atom is 0.270 e. The van der Waals surface area contributed by atoms with Gasteiger partial charge in [0, 0.05) is 50.1 Å². The van der Waals surface area contributed by atoms with Crippen molar-refractivity contribution < 1.29 is 9.72 Å². The predicted molar refractivity (Wildman–Crippen MR) is 107 cm³/mol. The van der Waals surface area contributed by atoms with E-state index in [0.717, 1.165) is 31.5 Å². The van der Waals surface area contributed by atoms with E-state index in [1.807, 2.05) is 25.1 Å². The Hall–Kier alpha value is -3.23. The van der Waals surface area contributed by atoms with Crippen molar-refractivity contribution >= 4 is 23.4 Å². The van der Waals surface area contributed by atoms with Crippen molar-refractivity contribution in [1.29, 1.82) is 0 Å². The molecular weight excluding hydrogens is 360 g/mol. The number of carbonyl (C=O) groups excluding carboxylic acids is 1. The molecule has 1 amide bonds. The highest BCUT2D eigenvalue weighted by atomic mass is 16.6. The minimum absolute atomic E-state index is 0.0545. The van der Waals surface area contributed by atoms with Gasteiger partial charge in [-0.3, -0.25) is 14.9 Å². The zero-order chi connectivity index (χ0) is 20.1. The summed E-state index contributed by atoms with van der Waals surface area (Å²) in [6.07, 6.45) is 5.15. The highest BCUT2D eigenvalue weighted by molar-refractivity contribution is 5.95. The molecule has 9 nitrogen and oxygen atoms in total. The number of carbonyl (C=O) groups is 1. The quantitative estimate of drug-likeness (QED) is 0.581. The Morgan fingerprint density at radius 2 is 1.89 bits per heavy atom. The summed E-state index contributed by atoms with van der Waals surface area (Å²) >= 11 is 0. The van der Waals surface area contributed by atoms with Crippen LogP contribution in [0.3, 0.4) is 0 Å². The largest absolute Gasteiger partial charge is 0.363 e. The molecule has 1 aliphatic carbocycles. The maximum absolute atomic E-state index is 12.4. The highest BCUT2D eigenvalue weighted by Gasteiger charge is 2.24. The van der Waals surface area contributed by atoms with Gasteiger partial charge in [0.05, 0.1) is 4.92 Å². The molecule has 2 N–H and O–H groups in total. The first kappa shape index (κ1) is 19.5. The molecule has 1 aromatic heterocycles. The predicted octanol–water partition coefficient (Wildman–Crippen LogP) is 2.60. The topological polar surface area (TPSA) is 113 Å². The Morgan fingerprint density at radius 3 is 2.57 bits per heavy atom. The van der Waals surface area contributed by atoms with E-state index in [-0.39, 0.29) is 23.7 Å². The van der Waals surface area contributed by atoms with Gasteiger partial charge in [0.25, 0.3) is 11.6 Å². The van der Waals surface area contributed by atoms with Crippen molar-refractivity contribution in [3.05, 3.63) is 52.2 Å². The third kappa shape index (κ3) is 4.93. The first-order valence-corrected chi connectivity index (χ1v) is 9.24. The molecular formula is C19H24N6O3. The number of nitrogens with one attached hydrogen (secondary N) is 2. The van der Waals surface area contributed by atoms with Crippen molar-refractivity contribution in [2.24, 2.45) is 0 Å². The molecule has 0 saturated heterocycles. The summed E-state index contributed by atoms with van der Waals surface area (Å²) < 4.78 is 0. The van der Waals surface area contributed by atoms with E-state index >= 15 is 0 Å². The molecule has 0 atom stereocenters. The SMILES string of the molecule is CN(C)c1ccnc(N[C@H]2CC[C@@H](NC(=O)c3cccc([N+](=O)[O-])c3)CC2)n1. The van der Waals surface area contributed by atoms with Gasteiger partial charge in [0.1, 0.15) is 5.82 Å².